The Bertz CT molecular complexity index is 191. The van der Waals surface area contributed by atoms with Gasteiger partial charge in [-0.2, -0.15) is 0 Å². The summed E-state index contributed by atoms with van der Waals surface area (Å²) >= 11 is 0. The van der Waals surface area contributed by atoms with Crippen LogP contribution in [0.4, 0.5) is 0 Å². The third-order valence-corrected chi connectivity index (χ3v) is 2.89. The molecule has 0 bridgehead atoms. The maximum absolute atomic E-state index is 11.3. The molecule has 0 saturated carbocycles. The molecule has 0 aromatic heterocycles. The first-order chi connectivity index (χ1) is 7.83. The second kappa shape index (κ2) is 8.53. The van der Waals surface area contributed by atoms with E-state index >= 15 is 0 Å². The lowest BCUT2D eigenvalue weighted by molar-refractivity contribution is -0.120. The Morgan fingerprint density at radius 2 is 2.31 bits per heavy atom. The Labute approximate surface area is 98.1 Å². The van der Waals surface area contributed by atoms with Gasteiger partial charge in [0.05, 0.1) is 6.54 Å². The molecule has 2 N–H and O–H groups in total. The fraction of sp³-hybridized carbons (Fsp3) is 0.917. The minimum absolute atomic E-state index is 0.108. The van der Waals surface area contributed by atoms with Crippen LogP contribution in [0.3, 0.4) is 0 Å². The van der Waals surface area contributed by atoms with Crippen LogP contribution in [0.1, 0.15) is 32.6 Å². The molecular formula is C12H24N2O2. The highest BCUT2D eigenvalue weighted by Crippen LogP contribution is 2.14. The molecular weight excluding hydrogens is 204 g/mol. The minimum Gasteiger partial charge on any atom is -0.381 e. The van der Waals surface area contributed by atoms with E-state index in [1.807, 2.05) is 0 Å². The van der Waals surface area contributed by atoms with Crippen molar-refractivity contribution in [1.82, 2.24) is 10.6 Å². The van der Waals surface area contributed by atoms with Gasteiger partial charge in [0.25, 0.3) is 0 Å². The van der Waals surface area contributed by atoms with Gasteiger partial charge in [0.2, 0.25) is 5.91 Å². The predicted molar refractivity (Wildman–Crippen MR) is 64.3 cm³/mol. The molecule has 0 aromatic rings. The van der Waals surface area contributed by atoms with Gasteiger partial charge < -0.3 is 15.4 Å². The molecule has 0 radical (unpaired) electrons. The van der Waals surface area contributed by atoms with E-state index in [4.69, 9.17) is 4.74 Å². The maximum Gasteiger partial charge on any atom is 0.233 e. The molecule has 4 nitrogen and oxygen atoms in total. The number of hydrogen-bond acceptors (Lipinski definition) is 3. The van der Waals surface area contributed by atoms with Crippen LogP contribution in [0.2, 0.25) is 0 Å². The van der Waals surface area contributed by atoms with Crippen molar-refractivity contribution in [3.8, 4) is 0 Å². The topological polar surface area (TPSA) is 50.4 Å². The van der Waals surface area contributed by atoms with Gasteiger partial charge >= 0.3 is 0 Å². The normalized spacial score (nSPS) is 19.9. The molecule has 0 spiro atoms. The van der Waals surface area contributed by atoms with Crippen LogP contribution in [-0.2, 0) is 9.53 Å². The number of ether oxygens (including phenoxy) is 1. The molecule has 0 aliphatic carbocycles. The number of carbonyl (C=O) groups is 1. The molecule has 1 saturated heterocycles. The van der Waals surface area contributed by atoms with Crippen LogP contribution in [-0.4, -0.2) is 38.8 Å². The summed E-state index contributed by atoms with van der Waals surface area (Å²) in [4.78, 5) is 11.3. The van der Waals surface area contributed by atoms with E-state index in [2.05, 4.69) is 17.6 Å². The third-order valence-electron chi connectivity index (χ3n) is 2.89. The monoisotopic (exact) mass is 228 g/mol. The molecule has 1 amide bonds. The number of rotatable bonds is 8. The van der Waals surface area contributed by atoms with Crippen molar-refractivity contribution in [2.75, 3.05) is 32.8 Å². The molecule has 4 heteroatoms. The van der Waals surface area contributed by atoms with E-state index in [1.165, 1.54) is 6.42 Å². The fourth-order valence-corrected chi connectivity index (χ4v) is 1.79. The second-order valence-electron chi connectivity index (χ2n) is 4.40. The second-order valence-corrected chi connectivity index (χ2v) is 4.40. The van der Waals surface area contributed by atoms with E-state index in [0.717, 1.165) is 45.6 Å². The molecule has 1 aliphatic rings. The first-order valence-electron chi connectivity index (χ1n) is 6.38. The van der Waals surface area contributed by atoms with Gasteiger partial charge in [-0.05, 0) is 31.7 Å². The quantitative estimate of drug-likeness (QED) is 0.607. The van der Waals surface area contributed by atoms with Crippen molar-refractivity contribution in [2.45, 2.75) is 32.6 Å². The van der Waals surface area contributed by atoms with E-state index in [1.54, 1.807) is 0 Å². The van der Waals surface area contributed by atoms with Crippen molar-refractivity contribution in [3.05, 3.63) is 0 Å². The zero-order valence-corrected chi connectivity index (χ0v) is 10.3. The van der Waals surface area contributed by atoms with Crippen molar-refractivity contribution >= 4 is 5.91 Å². The lowest BCUT2D eigenvalue weighted by atomic mass is 10.1. The Hall–Kier alpha value is -0.610. The number of nitrogens with one attached hydrogen (secondary N) is 2. The first kappa shape index (κ1) is 13.5. The Kier molecular flexibility index (Phi) is 7.17. The van der Waals surface area contributed by atoms with Crippen LogP contribution in [0.25, 0.3) is 0 Å². The van der Waals surface area contributed by atoms with Crippen LogP contribution in [0.5, 0.6) is 0 Å². The average Bonchev–Trinajstić information content (AvgIpc) is 2.78. The molecule has 16 heavy (non-hydrogen) atoms. The van der Waals surface area contributed by atoms with Gasteiger partial charge in [0.1, 0.15) is 0 Å². The Morgan fingerprint density at radius 3 is 3.00 bits per heavy atom. The number of hydrogen-bond donors (Lipinski definition) is 2. The number of carbonyl (C=O) groups excluding carboxylic acids is 1. The molecule has 1 heterocycles. The summed E-state index contributed by atoms with van der Waals surface area (Å²) in [5.41, 5.74) is 0. The lowest BCUT2D eigenvalue weighted by Gasteiger charge is -2.08. The summed E-state index contributed by atoms with van der Waals surface area (Å²) in [6.07, 6.45) is 4.47. The van der Waals surface area contributed by atoms with Gasteiger partial charge in [0, 0.05) is 19.8 Å². The average molecular weight is 228 g/mol. The summed E-state index contributed by atoms with van der Waals surface area (Å²) in [6.45, 7) is 6.07. The Balaban J connectivity index is 1.87. The number of amides is 1. The maximum atomic E-state index is 11.3. The van der Waals surface area contributed by atoms with Gasteiger partial charge in [-0.3, -0.25) is 4.79 Å². The molecule has 1 fully saturated rings. The highest BCUT2D eigenvalue weighted by molar-refractivity contribution is 5.77. The standard InChI is InChI=1S/C12H24N2O2/c1-2-3-6-14-12(15)9-13-7-4-11-5-8-16-10-11/h11,13H,2-10H2,1H3,(H,14,15). The van der Waals surface area contributed by atoms with E-state index in [-0.39, 0.29) is 5.91 Å². The number of unbranched alkanes of at least 4 members (excludes halogenated alkanes) is 1. The van der Waals surface area contributed by atoms with Gasteiger partial charge in [0.15, 0.2) is 0 Å². The molecule has 1 atom stereocenters. The van der Waals surface area contributed by atoms with E-state index < -0.39 is 0 Å². The fourth-order valence-electron chi connectivity index (χ4n) is 1.79. The molecule has 0 aromatic carbocycles. The summed E-state index contributed by atoms with van der Waals surface area (Å²) in [6, 6.07) is 0. The van der Waals surface area contributed by atoms with E-state index in [9.17, 15) is 4.79 Å². The van der Waals surface area contributed by atoms with Crippen LogP contribution >= 0.6 is 0 Å². The van der Waals surface area contributed by atoms with Crippen molar-refractivity contribution < 1.29 is 9.53 Å². The molecule has 1 unspecified atom stereocenters. The zero-order chi connectivity index (χ0) is 11.6. The summed E-state index contributed by atoms with van der Waals surface area (Å²) < 4.78 is 5.29. The first-order valence-corrected chi connectivity index (χ1v) is 6.38. The van der Waals surface area contributed by atoms with E-state index in [0.29, 0.717) is 12.5 Å². The van der Waals surface area contributed by atoms with Gasteiger partial charge in [-0.15, -0.1) is 0 Å². The van der Waals surface area contributed by atoms with Crippen LogP contribution < -0.4 is 10.6 Å². The van der Waals surface area contributed by atoms with Gasteiger partial charge in [-0.1, -0.05) is 13.3 Å². The lowest BCUT2D eigenvalue weighted by Crippen LogP contribution is -2.35. The van der Waals surface area contributed by atoms with Crippen molar-refractivity contribution in [3.63, 3.8) is 0 Å². The third kappa shape index (κ3) is 6.08. The Morgan fingerprint density at radius 1 is 1.44 bits per heavy atom. The summed E-state index contributed by atoms with van der Waals surface area (Å²) in [5.74, 6) is 0.798. The highest BCUT2D eigenvalue weighted by Gasteiger charge is 2.14. The minimum atomic E-state index is 0.108. The predicted octanol–water partition coefficient (Wildman–Crippen LogP) is 0.919. The van der Waals surface area contributed by atoms with Crippen molar-refractivity contribution in [1.29, 1.82) is 0 Å². The van der Waals surface area contributed by atoms with Gasteiger partial charge in [-0.25, -0.2) is 0 Å². The van der Waals surface area contributed by atoms with Crippen molar-refractivity contribution in [2.24, 2.45) is 5.92 Å². The highest BCUT2D eigenvalue weighted by atomic mass is 16.5. The summed E-state index contributed by atoms with van der Waals surface area (Å²) in [5, 5.41) is 6.06. The smallest absolute Gasteiger partial charge is 0.233 e. The molecule has 1 aliphatic heterocycles. The molecule has 94 valence electrons. The van der Waals surface area contributed by atoms with Crippen LogP contribution in [0.15, 0.2) is 0 Å². The summed E-state index contributed by atoms with van der Waals surface area (Å²) in [7, 11) is 0. The molecule has 1 rings (SSSR count). The SMILES string of the molecule is CCCCNC(=O)CNCCC1CCOC1. The largest absolute Gasteiger partial charge is 0.381 e. The van der Waals surface area contributed by atoms with Crippen LogP contribution in [0, 0.1) is 5.92 Å². The zero-order valence-electron chi connectivity index (χ0n) is 10.3.